The number of hydrogen-bond acceptors (Lipinski definition) is 3. The summed E-state index contributed by atoms with van der Waals surface area (Å²) in [5.41, 5.74) is 2.12. The second kappa shape index (κ2) is 5.52. The molecule has 2 N–H and O–H groups in total. The van der Waals surface area contributed by atoms with Crippen molar-refractivity contribution in [2.75, 3.05) is 6.61 Å². The van der Waals surface area contributed by atoms with Gasteiger partial charge in [0.05, 0.1) is 6.10 Å². The summed E-state index contributed by atoms with van der Waals surface area (Å²) >= 11 is 0. The van der Waals surface area contributed by atoms with Crippen molar-refractivity contribution < 1.29 is 9.84 Å². The van der Waals surface area contributed by atoms with E-state index < -0.39 is 0 Å². The average Bonchev–Trinajstić information content (AvgIpc) is 2.83. The highest BCUT2D eigenvalue weighted by Crippen LogP contribution is 2.19. The molecule has 0 saturated carbocycles. The van der Waals surface area contributed by atoms with Gasteiger partial charge in [-0.2, -0.15) is 0 Å². The highest BCUT2D eigenvalue weighted by molar-refractivity contribution is 5.35. The molecule has 0 spiro atoms. The van der Waals surface area contributed by atoms with Crippen LogP contribution < -0.4 is 5.32 Å². The van der Waals surface area contributed by atoms with Crippen LogP contribution in [0.25, 0.3) is 0 Å². The third-order valence-corrected chi connectivity index (χ3v) is 3.37. The second-order valence-electron chi connectivity index (χ2n) is 4.85. The predicted molar refractivity (Wildman–Crippen MR) is 68.1 cm³/mol. The van der Waals surface area contributed by atoms with Gasteiger partial charge in [0.15, 0.2) is 0 Å². The first-order chi connectivity index (χ1) is 8.16. The summed E-state index contributed by atoms with van der Waals surface area (Å²) in [7, 11) is 0. The molecule has 1 saturated heterocycles. The molecule has 0 amide bonds. The lowest BCUT2D eigenvalue weighted by Crippen LogP contribution is -2.36. The molecule has 0 aromatic heterocycles. The Kier molecular flexibility index (Phi) is 4.02. The third-order valence-electron chi connectivity index (χ3n) is 3.37. The van der Waals surface area contributed by atoms with E-state index >= 15 is 0 Å². The molecule has 1 aromatic carbocycles. The summed E-state index contributed by atoms with van der Waals surface area (Å²) in [6, 6.07) is 6.02. The van der Waals surface area contributed by atoms with Gasteiger partial charge in [-0.1, -0.05) is 17.7 Å². The van der Waals surface area contributed by atoms with E-state index in [1.54, 1.807) is 6.07 Å². The van der Waals surface area contributed by atoms with Crippen LogP contribution in [-0.4, -0.2) is 23.9 Å². The largest absolute Gasteiger partial charge is 0.508 e. The molecule has 2 atom stereocenters. The standard InChI is InChI=1S/C14H21NO2/c1-10-5-6-13(16)12(8-10)9-15-11(2)14-4-3-7-17-14/h5-6,8,11,14-16H,3-4,7,9H2,1-2H3/t11-,14+/m0/s1. The number of aromatic hydroxyl groups is 1. The normalized spacial score (nSPS) is 21.6. The zero-order chi connectivity index (χ0) is 12.3. The van der Waals surface area contributed by atoms with Crippen LogP contribution in [0.4, 0.5) is 0 Å². The minimum absolute atomic E-state index is 0.321. The van der Waals surface area contributed by atoms with Gasteiger partial charge < -0.3 is 15.2 Å². The molecule has 94 valence electrons. The Balaban J connectivity index is 1.90. The van der Waals surface area contributed by atoms with Crippen molar-refractivity contribution in [1.29, 1.82) is 0 Å². The van der Waals surface area contributed by atoms with Crippen molar-refractivity contribution in [3.63, 3.8) is 0 Å². The third kappa shape index (κ3) is 3.20. The molecule has 3 nitrogen and oxygen atoms in total. The van der Waals surface area contributed by atoms with Crippen LogP contribution in [-0.2, 0) is 11.3 Å². The Labute approximate surface area is 103 Å². The first-order valence-electron chi connectivity index (χ1n) is 6.30. The molecule has 2 rings (SSSR count). The van der Waals surface area contributed by atoms with Gasteiger partial charge in [0, 0.05) is 24.8 Å². The van der Waals surface area contributed by atoms with Crippen molar-refractivity contribution in [1.82, 2.24) is 5.32 Å². The van der Waals surface area contributed by atoms with E-state index in [0.717, 1.165) is 25.0 Å². The zero-order valence-corrected chi connectivity index (χ0v) is 10.6. The Morgan fingerprint density at radius 3 is 3.06 bits per heavy atom. The lowest BCUT2D eigenvalue weighted by atomic mass is 10.1. The van der Waals surface area contributed by atoms with Gasteiger partial charge in [-0.15, -0.1) is 0 Å². The molecular formula is C14H21NO2. The van der Waals surface area contributed by atoms with Crippen LogP contribution in [0.1, 0.15) is 30.9 Å². The van der Waals surface area contributed by atoms with Crippen LogP contribution >= 0.6 is 0 Å². The summed E-state index contributed by atoms with van der Waals surface area (Å²) in [4.78, 5) is 0. The maximum Gasteiger partial charge on any atom is 0.120 e. The summed E-state index contributed by atoms with van der Waals surface area (Å²) in [6.45, 7) is 5.75. The van der Waals surface area contributed by atoms with Crippen molar-refractivity contribution >= 4 is 0 Å². The van der Waals surface area contributed by atoms with Gasteiger partial charge in [-0.3, -0.25) is 0 Å². The number of rotatable bonds is 4. The maximum atomic E-state index is 9.74. The van der Waals surface area contributed by atoms with E-state index in [2.05, 4.69) is 12.2 Å². The predicted octanol–water partition coefficient (Wildman–Crippen LogP) is 2.36. The fraction of sp³-hybridized carbons (Fsp3) is 0.571. The number of ether oxygens (including phenoxy) is 1. The zero-order valence-electron chi connectivity index (χ0n) is 10.6. The molecule has 1 heterocycles. The molecule has 0 bridgehead atoms. The van der Waals surface area contributed by atoms with Crippen molar-refractivity contribution in [2.24, 2.45) is 0 Å². The van der Waals surface area contributed by atoms with E-state index in [1.807, 2.05) is 19.1 Å². The molecule has 1 aliphatic rings. The first kappa shape index (κ1) is 12.4. The van der Waals surface area contributed by atoms with Crippen molar-refractivity contribution in [3.8, 4) is 5.75 Å². The summed E-state index contributed by atoms with van der Waals surface area (Å²) in [5.74, 6) is 0.364. The smallest absolute Gasteiger partial charge is 0.120 e. The number of phenols is 1. The van der Waals surface area contributed by atoms with Gasteiger partial charge in [0.2, 0.25) is 0 Å². The Morgan fingerprint density at radius 1 is 1.53 bits per heavy atom. The number of benzene rings is 1. The van der Waals surface area contributed by atoms with Gasteiger partial charge in [0.1, 0.15) is 5.75 Å². The minimum atomic E-state index is 0.321. The molecule has 1 aliphatic heterocycles. The monoisotopic (exact) mass is 235 g/mol. The second-order valence-corrected chi connectivity index (χ2v) is 4.85. The molecular weight excluding hydrogens is 214 g/mol. The summed E-state index contributed by atoms with van der Waals surface area (Å²) in [5, 5.41) is 13.2. The first-order valence-corrected chi connectivity index (χ1v) is 6.30. The molecule has 0 unspecified atom stereocenters. The van der Waals surface area contributed by atoms with Crippen LogP contribution in [0.5, 0.6) is 5.75 Å². The van der Waals surface area contributed by atoms with E-state index in [0.29, 0.717) is 24.4 Å². The lowest BCUT2D eigenvalue weighted by molar-refractivity contribution is 0.0831. The van der Waals surface area contributed by atoms with Crippen LogP contribution in [0.2, 0.25) is 0 Å². The molecule has 1 fully saturated rings. The highest BCUT2D eigenvalue weighted by atomic mass is 16.5. The van der Waals surface area contributed by atoms with Crippen LogP contribution in [0.3, 0.4) is 0 Å². The van der Waals surface area contributed by atoms with Gasteiger partial charge in [-0.05, 0) is 32.8 Å². The Morgan fingerprint density at radius 2 is 2.35 bits per heavy atom. The molecule has 3 heteroatoms. The topological polar surface area (TPSA) is 41.5 Å². The molecule has 0 radical (unpaired) electrons. The lowest BCUT2D eigenvalue weighted by Gasteiger charge is -2.20. The number of nitrogens with one attached hydrogen (secondary N) is 1. The number of phenolic OH excluding ortho intramolecular Hbond substituents is 1. The van der Waals surface area contributed by atoms with Crippen LogP contribution in [0, 0.1) is 6.92 Å². The molecule has 1 aromatic rings. The maximum absolute atomic E-state index is 9.74. The highest BCUT2D eigenvalue weighted by Gasteiger charge is 2.21. The van der Waals surface area contributed by atoms with E-state index in [-0.39, 0.29) is 0 Å². The van der Waals surface area contributed by atoms with Crippen molar-refractivity contribution in [3.05, 3.63) is 29.3 Å². The van der Waals surface area contributed by atoms with E-state index in [4.69, 9.17) is 4.74 Å². The fourth-order valence-corrected chi connectivity index (χ4v) is 2.26. The SMILES string of the molecule is Cc1ccc(O)c(CN[C@@H](C)[C@H]2CCCO2)c1. The van der Waals surface area contributed by atoms with Gasteiger partial charge in [0.25, 0.3) is 0 Å². The molecule has 17 heavy (non-hydrogen) atoms. The summed E-state index contributed by atoms with van der Waals surface area (Å²) < 4.78 is 5.63. The van der Waals surface area contributed by atoms with E-state index in [1.165, 1.54) is 5.56 Å². The van der Waals surface area contributed by atoms with Crippen molar-refractivity contribution in [2.45, 2.75) is 45.4 Å². The van der Waals surface area contributed by atoms with E-state index in [9.17, 15) is 5.11 Å². The number of hydrogen-bond donors (Lipinski definition) is 2. The van der Waals surface area contributed by atoms with Crippen LogP contribution in [0.15, 0.2) is 18.2 Å². The summed E-state index contributed by atoms with van der Waals surface area (Å²) in [6.07, 6.45) is 2.61. The quantitative estimate of drug-likeness (QED) is 0.841. The van der Waals surface area contributed by atoms with Gasteiger partial charge >= 0.3 is 0 Å². The molecule has 0 aliphatic carbocycles. The Bertz CT molecular complexity index is 372. The van der Waals surface area contributed by atoms with Gasteiger partial charge in [-0.25, -0.2) is 0 Å². The minimum Gasteiger partial charge on any atom is -0.508 e. The average molecular weight is 235 g/mol. The Hall–Kier alpha value is -1.06. The number of aryl methyl sites for hydroxylation is 1. The fourth-order valence-electron chi connectivity index (χ4n) is 2.26.